The summed E-state index contributed by atoms with van der Waals surface area (Å²) in [6.45, 7) is 6.42. The van der Waals surface area contributed by atoms with Crippen molar-refractivity contribution in [2.45, 2.75) is 37.5 Å². The summed E-state index contributed by atoms with van der Waals surface area (Å²) >= 11 is 3.43. The van der Waals surface area contributed by atoms with Crippen molar-refractivity contribution in [3.05, 3.63) is 99.1 Å². The summed E-state index contributed by atoms with van der Waals surface area (Å²) in [6.07, 6.45) is 5.36. The molecular weight excluding hydrogens is 498 g/mol. The predicted molar refractivity (Wildman–Crippen MR) is 134 cm³/mol. The number of Topliss-reactive ketones (excluding diaryl/α,β-unsaturated/α-hetero) is 1. The quantitative estimate of drug-likeness (QED) is 0.330. The first-order chi connectivity index (χ1) is 15.8. The molecule has 2 aliphatic carbocycles. The maximum absolute atomic E-state index is 13.6. The highest BCUT2D eigenvalue weighted by Gasteiger charge is 2.62. The molecule has 0 saturated heterocycles. The van der Waals surface area contributed by atoms with Crippen LogP contribution >= 0.6 is 15.9 Å². The summed E-state index contributed by atoms with van der Waals surface area (Å²) < 4.78 is 29.5. The molecule has 33 heavy (non-hydrogen) atoms. The van der Waals surface area contributed by atoms with Gasteiger partial charge in [-0.1, -0.05) is 45.3 Å². The number of aryl methyl sites for hydroxylation is 1. The number of fused-ring (bicyclic) bond motifs is 2. The summed E-state index contributed by atoms with van der Waals surface area (Å²) in [5, 5.41) is 0. The maximum atomic E-state index is 13.6. The Morgan fingerprint density at radius 2 is 1.76 bits per heavy atom. The zero-order chi connectivity index (χ0) is 23.4. The monoisotopic (exact) mass is 523 g/mol. The van der Waals surface area contributed by atoms with Crippen molar-refractivity contribution in [2.75, 3.05) is 13.1 Å². The van der Waals surface area contributed by atoms with Gasteiger partial charge >= 0.3 is 0 Å². The van der Waals surface area contributed by atoms with Gasteiger partial charge in [0.25, 0.3) is 0 Å². The van der Waals surface area contributed by atoms with Crippen LogP contribution in [-0.2, 0) is 10.0 Å². The topological polar surface area (TPSA) is 54.5 Å². The molecular formula is C27H26BrNO3S. The Morgan fingerprint density at radius 3 is 2.36 bits per heavy atom. The summed E-state index contributed by atoms with van der Waals surface area (Å²) in [4.78, 5) is 13.8. The van der Waals surface area contributed by atoms with Gasteiger partial charge in [0.2, 0.25) is 10.0 Å². The van der Waals surface area contributed by atoms with Gasteiger partial charge in [-0.25, -0.2) is 8.42 Å². The molecule has 0 bridgehead atoms. The number of halogens is 1. The SMILES string of the molecule is C=CCCC1=C2C(=C(C(=O)c3ccc(Br)cc3)C23CC3)CN(S(=O)(=O)c2ccc(C)cc2)C1. The molecule has 1 saturated carbocycles. The Kier molecular flexibility index (Phi) is 5.58. The molecule has 0 radical (unpaired) electrons. The van der Waals surface area contributed by atoms with Crippen molar-refractivity contribution >= 4 is 31.7 Å². The van der Waals surface area contributed by atoms with Crippen LogP contribution in [0, 0.1) is 12.3 Å². The number of hydrogen-bond donors (Lipinski definition) is 0. The van der Waals surface area contributed by atoms with Gasteiger partial charge in [-0.05, 0) is 80.2 Å². The largest absolute Gasteiger partial charge is 0.289 e. The van der Waals surface area contributed by atoms with Gasteiger partial charge in [0.1, 0.15) is 0 Å². The number of sulfonamides is 1. The van der Waals surface area contributed by atoms with E-state index in [1.165, 1.54) is 5.57 Å². The molecule has 0 aromatic heterocycles. The van der Waals surface area contributed by atoms with Crippen molar-refractivity contribution in [1.82, 2.24) is 4.31 Å². The molecule has 1 fully saturated rings. The summed E-state index contributed by atoms with van der Waals surface area (Å²) in [7, 11) is -3.67. The summed E-state index contributed by atoms with van der Waals surface area (Å²) in [5.41, 5.74) is 5.62. The minimum atomic E-state index is -3.67. The summed E-state index contributed by atoms with van der Waals surface area (Å²) in [5.74, 6) is 0.0244. The first kappa shape index (κ1) is 22.5. The molecule has 4 nitrogen and oxygen atoms in total. The standard InChI is InChI=1S/C27H26BrNO3S/c1-3-4-5-20-16-29(33(31,32)22-12-6-18(2)7-13-22)17-23-24(20)27(14-15-27)25(23)26(30)19-8-10-21(28)11-9-19/h3,6-13H,1,4-5,14-17H2,2H3. The zero-order valence-electron chi connectivity index (χ0n) is 18.6. The van der Waals surface area contributed by atoms with Crippen molar-refractivity contribution in [1.29, 1.82) is 0 Å². The van der Waals surface area contributed by atoms with E-state index >= 15 is 0 Å². The van der Waals surface area contributed by atoms with E-state index in [4.69, 9.17) is 0 Å². The van der Waals surface area contributed by atoms with Crippen molar-refractivity contribution < 1.29 is 13.2 Å². The van der Waals surface area contributed by atoms with E-state index < -0.39 is 10.0 Å². The third-order valence-electron chi connectivity index (χ3n) is 7.01. The number of allylic oxidation sites excluding steroid dienone is 2. The first-order valence-corrected chi connectivity index (χ1v) is 13.5. The highest BCUT2D eigenvalue weighted by atomic mass is 79.9. The van der Waals surface area contributed by atoms with Crippen molar-refractivity contribution in [3.63, 3.8) is 0 Å². The van der Waals surface area contributed by atoms with Gasteiger partial charge in [-0.15, -0.1) is 6.58 Å². The molecule has 0 unspecified atom stereocenters. The lowest BCUT2D eigenvalue weighted by molar-refractivity contribution is 0.101. The Labute approximate surface area is 203 Å². The molecule has 5 rings (SSSR count). The van der Waals surface area contributed by atoms with E-state index in [0.717, 1.165) is 52.4 Å². The van der Waals surface area contributed by atoms with Crippen LogP contribution in [0.25, 0.3) is 0 Å². The Bertz CT molecular complexity index is 1310. The molecule has 2 aromatic carbocycles. The second-order valence-corrected chi connectivity index (χ2v) is 12.0. The van der Waals surface area contributed by atoms with E-state index in [1.807, 2.05) is 49.4 Å². The van der Waals surface area contributed by atoms with Crippen LogP contribution in [-0.4, -0.2) is 31.6 Å². The molecule has 1 heterocycles. The number of carbonyl (C=O) groups is 1. The Hall–Kier alpha value is -2.28. The van der Waals surface area contributed by atoms with Crippen LogP contribution in [0.5, 0.6) is 0 Å². The average molecular weight is 524 g/mol. The van der Waals surface area contributed by atoms with Gasteiger partial charge < -0.3 is 0 Å². The highest BCUT2D eigenvalue weighted by molar-refractivity contribution is 9.10. The Morgan fingerprint density at radius 1 is 1.09 bits per heavy atom. The maximum Gasteiger partial charge on any atom is 0.243 e. The minimum absolute atomic E-state index is 0.0244. The second kappa shape index (κ2) is 8.19. The van der Waals surface area contributed by atoms with Crippen LogP contribution in [0.3, 0.4) is 0 Å². The molecule has 1 spiro atoms. The second-order valence-electron chi connectivity index (χ2n) is 9.16. The third-order valence-corrected chi connectivity index (χ3v) is 9.34. The molecule has 170 valence electrons. The zero-order valence-corrected chi connectivity index (χ0v) is 21.0. The fourth-order valence-electron chi connectivity index (χ4n) is 5.23. The van der Waals surface area contributed by atoms with E-state index in [1.54, 1.807) is 16.4 Å². The Balaban J connectivity index is 1.58. The molecule has 1 aliphatic heterocycles. The highest BCUT2D eigenvalue weighted by Crippen LogP contribution is 2.69. The lowest BCUT2D eigenvalue weighted by atomic mass is 9.63. The van der Waals surface area contributed by atoms with Gasteiger partial charge in [0, 0.05) is 34.1 Å². The molecule has 0 atom stereocenters. The fourth-order valence-corrected chi connectivity index (χ4v) is 6.90. The fraction of sp³-hybridized carbons (Fsp3) is 0.296. The van der Waals surface area contributed by atoms with Crippen LogP contribution in [0.2, 0.25) is 0 Å². The molecule has 2 aromatic rings. The third kappa shape index (κ3) is 3.69. The predicted octanol–water partition coefficient (Wildman–Crippen LogP) is 6.00. The average Bonchev–Trinajstić information content (AvgIpc) is 3.60. The number of benzene rings is 2. The number of ketones is 1. The molecule has 3 aliphatic rings. The van der Waals surface area contributed by atoms with Gasteiger partial charge in [-0.3, -0.25) is 4.79 Å². The normalized spacial score (nSPS) is 19.3. The number of carbonyl (C=O) groups excluding carboxylic acids is 1. The van der Waals surface area contributed by atoms with Crippen molar-refractivity contribution in [3.8, 4) is 0 Å². The minimum Gasteiger partial charge on any atom is -0.289 e. The lowest BCUT2D eigenvalue weighted by Crippen LogP contribution is -2.45. The van der Waals surface area contributed by atoms with Gasteiger partial charge in [0.05, 0.1) is 4.90 Å². The van der Waals surface area contributed by atoms with Crippen LogP contribution in [0.1, 0.15) is 41.6 Å². The van der Waals surface area contributed by atoms with E-state index in [0.29, 0.717) is 17.0 Å². The number of hydrogen-bond acceptors (Lipinski definition) is 3. The smallest absolute Gasteiger partial charge is 0.243 e. The van der Waals surface area contributed by atoms with Crippen molar-refractivity contribution in [2.24, 2.45) is 5.41 Å². The molecule has 6 heteroatoms. The van der Waals surface area contributed by atoms with Crippen LogP contribution in [0.15, 0.2) is 92.8 Å². The van der Waals surface area contributed by atoms with Gasteiger partial charge in [-0.2, -0.15) is 4.31 Å². The van der Waals surface area contributed by atoms with E-state index in [9.17, 15) is 13.2 Å². The molecule has 0 amide bonds. The van der Waals surface area contributed by atoms with E-state index in [-0.39, 0.29) is 17.7 Å². The van der Waals surface area contributed by atoms with Gasteiger partial charge in [0.15, 0.2) is 5.78 Å². The molecule has 0 N–H and O–H groups in total. The van der Waals surface area contributed by atoms with E-state index in [2.05, 4.69) is 22.5 Å². The lowest BCUT2D eigenvalue weighted by Gasteiger charge is -2.45. The number of rotatable bonds is 7. The summed E-state index contributed by atoms with van der Waals surface area (Å²) in [6, 6.07) is 14.4. The van der Waals surface area contributed by atoms with Crippen LogP contribution < -0.4 is 0 Å². The first-order valence-electron chi connectivity index (χ1n) is 11.2. The van der Waals surface area contributed by atoms with Crippen LogP contribution in [0.4, 0.5) is 0 Å². The number of nitrogens with zero attached hydrogens (tertiary/aromatic N) is 1.